The molecule has 0 N–H and O–H groups in total. The second-order valence-electron chi connectivity index (χ2n) is 4.97. The van der Waals surface area contributed by atoms with Crippen LogP contribution in [0.2, 0.25) is 0 Å². The van der Waals surface area contributed by atoms with Gasteiger partial charge < -0.3 is 14.2 Å². The second kappa shape index (κ2) is 6.15. The van der Waals surface area contributed by atoms with Crippen LogP contribution in [-0.2, 0) is 19.0 Å². The molecule has 0 spiro atoms. The van der Waals surface area contributed by atoms with Gasteiger partial charge in [0.1, 0.15) is 18.5 Å². The van der Waals surface area contributed by atoms with Crippen molar-refractivity contribution in [3.05, 3.63) is 41.7 Å². The highest BCUT2D eigenvalue weighted by molar-refractivity contribution is 5.87. The first-order valence-corrected chi connectivity index (χ1v) is 6.37. The maximum absolute atomic E-state index is 12.7. The Labute approximate surface area is 117 Å². The number of rotatable bonds is 4. The van der Waals surface area contributed by atoms with E-state index in [0.29, 0.717) is 6.61 Å². The van der Waals surface area contributed by atoms with Crippen LogP contribution >= 0.6 is 0 Å². The highest BCUT2D eigenvalue weighted by atomic mass is 19.1. The third-order valence-electron chi connectivity index (χ3n) is 2.76. The van der Waals surface area contributed by atoms with Crippen LogP contribution in [0.25, 0.3) is 6.08 Å². The van der Waals surface area contributed by atoms with Crippen molar-refractivity contribution in [2.75, 3.05) is 13.2 Å². The zero-order valence-electron chi connectivity index (χ0n) is 11.5. The fraction of sp³-hybridized carbons (Fsp3) is 0.400. The molecule has 2 rings (SSSR count). The van der Waals surface area contributed by atoms with Crippen LogP contribution in [0.1, 0.15) is 19.4 Å². The summed E-state index contributed by atoms with van der Waals surface area (Å²) in [6, 6.07) is 5.82. The predicted octanol–water partition coefficient (Wildman–Crippen LogP) is 2.53. The van der Waals surface area contributed by atoms with Gasteiger partial charge in [0.2, 0.25) is 0 Å². The molecule has 0 saturated carbocycles. The Morgan fingerprint density at radius 2 is 2.15 bits per heavy atom. The van der Waals surface area contributed by atoms with Crippen molar-refractivity contribution in [2.24, 2.45) is 0 Å². The van der Waals surface area contributed by atoms with E-state index in [1.807, 2.05) is 13.8 Å². The quantitative estimate of drug-likeness (QED) is 0.628. The predicted molar refractivity (Wildman–Crippen MR) is 71.3 cm³/mol. The maximum Gasteiger partial charge on any atom is 0.330 e. The highest BCUT2D eigenvalue weighted by Crippen LogP contribution is 2.22. The molecule has 1 aromatic carbocycles. The Kier molecular flexibility index (Phi) is 4.52. The molecule has 1 aliphatic heterocycles. The molecule has 0 aromatic heterocycles. The lowest BCUT2D eigenvalue weighted by Gasteiger charge is -2.16. The first kappa shape index (κ1) is 14.7. The van der Waals surface area contributed by atoms with E-state index in [9.17, 15) is 9.18 Å². The smallest absolute Gasteiger partial charge is 0.330 e. The van der Waals surface area contributed by atoms with Crippen molar-refractivity contribution in [1.82, 2.24) is 0 Å². The summed E-state index contributed by atoms with van der Waals surface area (Å²) in [6.07, 6.45) is 2.62. The molecule has 0 radical (unpaired) electrons. The first-order valence-electron chi connectivity index (χ1n) is 6.37. The van der Waals surface area contributed by atoms with Gasteiger partial charge >= 0.3 is 5.97 Å². The average molecular weight is 280 g/mol. The maximum atomic E-state index is 12.7. The van der Waals surface area contributed by atoms with Crippen molar-refractivity contribution in [3.8, 4) is 0 Å². The minimum absolute atomic E-state index is 0.149. The standard InChI is InChI=1S/C15H17FO4/c1-15(2)19-10-13(20-15)9-18-14(17)8-5-11-3-6-12(16)7-4-11/h3-8,13H,9-10H2,1-2H3/b8-5+/t13-/m1/s1. The lowest BCUT2D eigenvalue weighted by molar-refractivity contribution is -0.154. The molecule has 0 unspecified atom stereocenters. The lowest BCUT2D eigenvalue weighted by Crippen LogP contribution is -2.24. The summed E-state index contributed by atoms with van der Waals surface area (Å²) in [5.74, 6) is -1.41. The van der Waals surface area contributed by atoms with E-state index in [-0.39, 0.29) is 18.5 Å². The number of benzene rings is 1. The van der Waals surface area contributed by atoms with E-state index in [1.54, 1.807) is 18.2 Å². The van der Waals surface area contributed by atoms with Crippen LogP contribution in [-0.4, -0.2) is 31.1 Å². The number of carbonyl (C=O) groups is 1. The topological polar surface area (TPSA) is 44.8 Å². The van der Waals surface area contributed by atoms with Crippen LogP contribution in [0.5, 0.6) is 0 Å². The second-order valence-corrected chi connectivity index (χ2v) is 4.97. The monoisotopic (exact) mass is 280 g/mol. The van der Waals surface area contributed by atoms with Crippen molar-refractivity contribution in [2.45, 2.75) is 25.7 Å². The number of carbonyl (C=O) groups excluding carboxylic acids is 1. The zero-order valence-corrected chi connectivity index (χ0v) is 11.5. The van der Waals surface area contributed by atoms with Gasteiger partial charge in [-0.3, -0.25) is 0 Å². The van der Waals surface area contributed by atoms with Crippen LogP contribution in [0.15, 0.2) is 30.3 Å². The number of ether oxygens (including phenoxy) is 3. The summed E-state index contributed by atoms with van der Waals surface area (Å²) in [5, 5.41) is 0. The molecule has 1 saturated heterocycles. The first-order chi connectivity index (χ1) is 9.44. The van der Waals surface area contributed by atoms with E-state index >= 15 is 0 Å². The molecule has 1 atom stereocenters. The Morgan fingerprint density at radius 1 is 1.45 bits per heavy atom. The molecule has 0 amide bonds. The summed E-state index contributed by atoms with van der Waals surface area (Å²) < 4.78 is 28.6. The number of halogens is 1. The van der Waals surface area contributed by atoms with Crippen molar-refractivity contribution in [1.29, 1.82) is 0 Å². The number of hydrogen-bond acceptors (Lipinski definition) is 4. The Balaban J connectivity index is 1.77. The van der Waals surface area contributed by atoms with E-state index in [4.69, 9.17) is 14.2 Å². The summed E-state index contributed by atoms with van der Waals surface area (Å²) in [4.78, 5) is 11.5. The zero-order chi connectivity index (χ0) is 14.6. The summed E-state index contributed by atoms with van der Waals surface area (Å²) in [5.41, 5.74) is 0.727. The largest absolute Gasteiger partial charge is 0.460 e. The van der Waals surface area contributed by atoms with Crippen molar-refractivity contribution >= 4 is 12.0 Å². The van der Waals surface area contributed by atoms with Crippen LogP contribution in [0.4, 0.5) is 4.39 Å². The number of hydrogen-bond donors (Lipinski definition) is 0. The van der Waals surface area contributed by atoms with Gasteiger partial charge in [-0.2, -0.15) is 0 Å². The summed E-state index contributed by atoms with van der Waals surface area (Å²) in [7, 11) is 0. The van der Waals surface area contributed by atoms with Gasteiger partial charge in [0.05, 0.1) is 6.61 Å². The summed E-state index contributed by atoms with van der Waals surface area (Å²) in [6.45, 7) is 4.17. The number of esters is 1. The summed E-state index contributed by atoms with van der Waals surface area (Å²) >= 11 is 0. The van der Waals surface area contributed by atoms with Gasteiger partial charge in [-0.15, -0.1) is 0 Å². The minimum atomic E-state index is -0.624. The Hall–Kier alpha value is -1.72. The Morgan fingerprint density at radius 3 is 2.75 bits per heavy atom. The van der Waals surface area contributed by atoms with Gasteiger partial charge in [-0.1, -0.05) is 12.1 Å². The molecule has 0 aliphatic carbocycles. The molecule has 1 aromatic rings. The molecule has 4 nitrogen and oxygen atoms in total. The van der Waals surface area contributed by atoms with Gasteiger partial charge in [0.15, 0.2) is 5.79 Å². The SMILES string of the molecule is CC1(C)OC[C@@H](COC(=O)/C=C/c2ccc(F)cc2)O1. The molecule has 5 heteroatoms. The van der Waals surface area contributed by atoms with Gasteiger partial charge in [-0.25, -0.2) is 9.18 Å². The fourth-order valence-corrected chi connectivity index (χ4v) is 1.81. The molecular weight excluding hydrogens is 263 g/mol. The van der Waals surface area contributed by atoms with E-state index in [2.05, 4.69) is 0 Å². The lowest BCUT2D eigenvalue weighted by atomic mass is 10.2. The van der Waals surface area contributed by atoms with Gasteiger partial charge in [-0.05, 0) is 37.6 Å². The molecule has 1 aliphatic rings. The van der Waals surface area contributed by atoms with Gasteiger partial charge in [0, 0.05) is 6.08 Å². The molecular formula is C15H17FO4. The minimum Gasteiger partial charge on any atom is -0.460 e. The molecule has 108 valence electrons. The molecule has 20 heavy (non-hydrogen) atoms. The fourth-order valence-electron chi connectivity index (χ4n) is 1.81. The van der Waals surface area contributed by atoms with Crippen molar-refractivity contribution in [3.63, 3.8) is 0 Å². The molecule has 1 fully saturated rings. The van der Waals surface area contributed by atoms with E-state index in [1.165, 1.54) is 18.2 Å². The molecule has 1 heterocycles. The third kappa shape index (κ3) is 4.43. The van der Waals surface area contributed by atoms with Crippen LogP contribution in [0, 0.1) is 5.82 Å². The van der Waals surface area contributed by atoms with E-state index < -0.39 is 11.8 Å². The van der Waals surface area contributed by atoms with E-state index in [0.717, 1.165) is 5.56 Å². The average Bonchev–Trinajstić information content (AvgIpc) is 2.75. The van der Waals surface area contributed by atoms with Crippen LogP contribution in [0.3, 0.4) is 0 Å². The normalized spacial score (nSPS) is 21.2. The van der Waals surface area contributed by atoms with Gasteiger partial charge in [0.25, 0.3) is 0 Å². The van der Waals surface area contributed by atoms with Crippen LogP contribution < -0.4 is 0 Å². The third-order valence-corrected chi connectivity index (χ3v) is 2.76. The molecule has 0 bridgehead atoms. The Bertz CT molecular complexity index is 493. The van der Waals surface area contributed by atoms with Crippen molar-refractivity contribution < 1.29 is 23.4 Å². The highest BCUT2D eigenvalue weighted by Gasteiger charge is 2.33.